The number of rotatable bonds is 0. The Labute approximate surface area is 96.7 Å². The van der Waals surface area contributed by atoms with Crippen molar-refractivity contribution >= 4 is 52.1 Å². The van der Waals surface area contributed by atoms with Crippen LogP contribution in [0.1, 0.15) is 0 Å². The quantitative estimate of drug-likeness (QED) is 0.479. The summed E-state index contributed by atoms with van der Waals surface area (Å²) in [7, 11) is 0. The van der Waals surface area contributed by atoms with Crippen LogP contribution in [0.2, 0.25) is 0 Å². The van der Waals surface area contributed by atoms with Gasteiger partial charge in [0.25, 0.3) is 0 Å². The monoisotopic (exact) mass is 255 g/mol. The van der Waals surface area contributed by atoms with Crippen molar-refractivity contribution < 1.29 is 46.9 Å². The number of hydrogen-bond acceptors (Lipinski definition) is 0. The Morgan fingerprint density at radius 2 is 0.500 bits per heavy atom. The smallest absolute Gasteiger partial charge is 0 e. The van der Waals surface area contributed by atoms with Gasteiger partial charge in [-0.25, -0.2) is 0 Å². The van der Waals surface area contributed by atoms with Crippen molar-refractivity contribution in [3.8, 4) is 0 Å². The summed E-state index contributed by atoms with van der Waals surface area (Å²) < 4.78 is 0. The molecule has 0 aliphatic carbocycles. The predicted octanol–water partition coefficient (Wildman–Crippen LogP) is -1.14. The summed E-state index contributed by atoms with van der Waals surface area (Å²) in [5, 5.41) is 0. The third-order valence-corrected chi connectivity index (χ3v) is 0. The van der Waals surface area contributed by atoms with Crippen molar-refractivity contribution in [1.29, 1.82) is 0 Å². The van der Waals surface area contributed by atoms with Crippen LogP contribution < -0.4 is 0 Å². The minimum atomic E-state index is 0. The maximum absolute atomic E-state index is 0. The molecule has 0 aliphatic heterocycles. The molecule has 0 aromatic rings. The molecule has 0 aromatic heterocycles. The molecule has 0 fully saturated rings. The van der Waals surface area contributed by atoms with Crippen LogP contribution in [0.4, 0.5) is 0 Å². The molecule has 0 nitrogen and oxygen atoms in total. The Balaban J connectivity index is 0. The molecule has 0 N–H and O–H groups in total. The maximum Gasteiger partial charge on any atom is 0 e. The Morgan fingerprint density at radius 3 is 0.500 bits per heavy atom. The topological polar surface area (TPSA) is 0 Å². The summed E-state index contributed by atoms with van der Waals surface area (Å²) >= 11 is 0. The van der Waals surface area contributed by atoms with Crippen LogP contribution in [0, 0.1) is 46.9 Å². The predicted molar refractivity (Wildman–Crippen MR) is 17.3 cm³/mol. The largest absolute Gasteiger partial charge is 0 e. The summed E-state index contributed by atoms with van der Waals surface area (Å²) in [5.74, 6) is 0. The van der Waals surface area contributed by atoms with Gasteiger partial charge in [-0.3, -0.25) is 0 Å². The van der Waals surface area contributed by atoms with Crippen LogP contribution >= 0.6 is 0 Å². The molecule has 0 saturated carbocycles. The first-order valence-corrected chi connectivity index (χ1v) is 0. The van der Waals surface area contributed by atoms with E-state index in [1.54, 1.807) is 0 Å². The molecule has 23 valence electrons. The minimum absolute atomic E-state index is 0. The fraction of sp³-hybridized carbons (Fsp3) is 0. The van der Waals surface area contributed by atoms with E-state index in [-0.39, 0.29) is 99.0 Å². The molecule has 0 rings (SSSR count). The molecule has 9 radical (unpaired) electrons. The van der Waals surface area contributed by atoms with E-state index in [1.165, 1.54) is 0 Å². The van der Waals surface area contributed by atoms with Gasteiger partial charge in [-0.1, -0.05) is 0 Å². The van der Waals surface area contributed by atoms with Crippen LogP contribution in [0.25, 0.3) is 0 Å². The fourth-order valence-electron chi connectivity index (χ4n) is 0. The first kappa shape index (κ1) is 27.4. The Kier molecular flexibility index (Phi) is 113. The molecule has 4 heteroatoms. The van der Waals surface area contributed by atoms with Crippen LogP contribution in [0.15, 0.2) is 0 Å². The molecule has 0 aromatic carbocycles. The standard InChI is InChI=1S/3Al.Yb. The molecule has 0 aliphatic rings. The molecule has 0 spiro atoms. The van der Waals surface area contributed by atoms with E-state index in [9.17, 15) is 0 Å². The SMILES string of the molecule is [Al].[Al].[Al].[Yb]. The van der Waals surface area contributed by atoms with E-state index in [4.69, 9.17) is 0 Å². The number of hydrogen-bond donors (Lipinski definition) is 0. The van der Waals surface area contributed by atoms with E-state index in [0.29, 0.717) is 0 Å². The van der Waals surface area contributed by atoms with E-state index >= 15 is 0 Å². The Bertz CT molecular complexity index is 3.25. The van der Waals surface area contributed by atoms with Gasteiger partial charge >= 0.3 is 0 Å². The average Bonchev–Trinajstić information content (AvgIpc) is 0. The summed E-state index contributed by atoms with van der Waals surface area (Å²) in [4.78, 5) is 0. The second kappa shape index (κ2) is 16.5. The third-order valence-electron chi connectivity index (χ3n) is 0. The molecule has 0 unspecified atom stereocenters. The van der Waals surface area contributed by atoms with Crippen molar-refractivity contribution in [2.24, 2.45) is 0 Å². The summed E-state index contributed by atoms with van der Waals surface area (Å²) in [6.45, 7) is 0. The minimum Gasteiger partial charge on any atom is 0 e. The van der Waals surface area contributed by atoms with Crippen molar-refractivity contribution in [2.75, 3.05) is 0 Å². The fourth-order valence-corrected chi connectivity index (χ4v) is 0. The zero-order valence-electron chi connectivity index (χ0n) is 2.00. The van der Waals surface area contributed by atoms with Crippen LogP contribution in [-0.2, 0) is 0 Å². The van der Waals surface area contributed by atoms with Crippen molar-refractivity contribution in [3.05, 3.63) is 0 Å². The molecule has 4 heavy (non-hydrogen) atoms. The van der Waals surface area contributed by atoms with Crippen molar-refractivity contribution in [3.63, 3.8) is 0 Å². The van der Waals surface area contributed by atoms with Crippen molar-refractivity contribution in [1.82, 2.24) is 0 Å². The molecule has 0 saturated heterocycles. The molecule has 0 amide bonds. The first-order chi connectivity index (χ1) is 0. The zero-order valence-corrected chi connectivity index (χ0v) is 7.18. The third kappa shape index (κ3) is 8.93. The maximum atomic E-state index is 0. The average molecular weight is 254 g/mol. The second-order valence-corrected chi connectivity index (χ2v) is 0. The molecule has 0 heterocycles. The van der Waals surface area contributed by atoms with Gasteiger partial charge < -0.3 is 0 Å². The van der Waals surface area contributed by atoms with Gasteiger partial charge in [-0.05, 0) is 0 Å². The summed E-state index contributed by atoms with van der Waals surface area (Å²) in [5.41, 5.74) is 0. The molecule has 0 atom stereocenters. The summed E-state index contributed by atoms with van der Waals surface area (Å²) in [6.07, 6.45) is 0. The summed E-state index contributed by atoms with van der Waals surface area (Å²) in [6, 6.07) is 0. The van der Waals surface area contributed by atoms with Crippen LogP contribution in [-0.4, -0.2) is 52.1 Å². The Morgan fingerprint density at radius 1 is 0.500 bits per heavy atom. The second-order valence-electron chi connectivity index (χ2n) is 0. The van der Waals surface area contributed by atoms with Gasteiger partial charge in [-0.15, -0.1) is 0 Å². The van der Waals surface area contributed by atoms with E-state index < -0.39 is 0 Å². The van der Waals surface area contributed by atoms with Crippen LogP contribution in [0.5, 0.6) is 0 Å². The van der Waals surface area contributed by atoms with E-state index in [1.807, 2.05) is 0 Å². The van der Waals surface area contributed by atoms with Gasteiger partial charge in [-0.2, -0.15) is 0 Å². The van der Waals surface area contributed by atoms with Gasteiger partial charge in [0.2, 0.25) is 0 Å². The first-order valence-electron chi connectivity index (χ1n) is 0. The van der Waals surface area contributed by atoms with Gasteiger partial charge in [0.05, 0.1) is 0 Å². The normalized spacial score (nSPS) is 0. The van der Waals surface area contributed by atoms with Gasteiger partial charge in [0.1, 0.15) is 0 Å². The van der Waals surface area contributed by atoms with Gasteiger partial charge in [0, 0.05) is 99.0 Å². The Hall–Kier alpha value is 3.12. The molecular formula is Al3Yb. The van der Waals surface area contributed by atoms with Gasteiger partial charge in [0.15, 0.2) is 0 Å². The molecule has 0 bridgehead atoms. The zero-order chi connectivity index (χ0) is 0. The van der Waals surface area contributed by atoms with Crippen LogP contribution in [0.3, 0.4) is 0 Å². The molecular weight excluding hydrogens is 254 g/mol. The van der Waals surface area contributed by atoms with E-state index in [2.05, 4.69) is 0 Å². The van der Waals surface area contributed by atoms with Crippen molar-refractivity contribution in [2.45, 2.75) is 0 Å². The van der Waals surface area contributed by atoms with E-state index in [0.717, 1.165) is 0 Å².